The second kappa shape index (κ2) is 4.78. The number of anilines is 1. The molecule has 0 amide bonds. The molecule has 0 radical (unpaired) electrons. The van der Waals surface area contributed by atoms with Gasteiger partial charge in [-0.25, -0.2) is 8.78 Å². The van der Waals surface area contributed by atoms with E-state index in [1.807, 2.05) is 0 Å². The van der Waals surface area contributed by atoms with Crippen LogP contribution >= 0.6 is 0 Å². The van der Waals surface area contributed by atoms with Gasteiger partial charge in [-0.15, -0.1) is 0 Å². The standard InChI is InChI=1S/C13H17F3N2/c1-13(2)6-4-3-5-10(13)17-12-9(15)7-8(14)11(16)18-12/h7,10H,3-6H2,1-2H3,(H,17,18). The predicted octanol–water partition coefficient (Wildman–Crippen LogP) is 3.88. The van der Waals surface area contributed by atoms with Gasteiger partial charge in [-0.3, -0.25) is 0 Å². The third kappa shape index (κ3) is 2.60. The summed E-state index contributed by atoms with van der Waals surface area (Å²) < 4.78 is 39.3. The van der Waals surface area contributed by atoms with Gasteiger partial charge in [0.05, 0.1) is 0 Å². The van der Waals surface area contributed by atoms with Crippen molar-refractivity contribution < 1.29 is 13.2 Å². The highest BCUT2D eigenvalue weighted by atomic mass is 19.2. The average Bonchev–Trinajstić information content (AvgIpc) is 2.28. The van der Waals surface area contributed by atoms with E-state index in [4.69, 9.17) is 0 Å². The molecule has 0 saturated heterocycles. The zero-order chi connectivity index (χ0) is 13.3. The molecule has 2 nitrogen and oxygen atoms in total. The molecule has 100 valence electrons. The molecule has 0 bridgehead atoms. The minimum atomic E-state index is -1.27. The molecule has 0 aromatic carbocycles. The largest absolute Gasteiger partial charge is 0.364 e. The highest BCUT2D eigenvalue weighted by molar-refractivity contribution is 5.38. The molecule has 1 heterocycles. The minimum Gasteiger partial charge on any atom is -0.364 e. The lowest BCUT2D eigenvalue weighted by atomic mass is 9.73. The van der Waals surface area contributed by atoms with E-state index in [2.05, 4.69) is 24.1 Å². The van der Waals surface area contributed by atoms with Gasteiger partial charge in [0.15, 0.2) is 17.5 Å². The molecule has 1 saturated carbocycles. The Morgan fingerprint density at radius 3 is 2.61 bits per heavy atom. The van der Waals surface area contributed by atoms with Crippen LogP contribution in [0.3, 0.4) is 0 Å². The predicted molar refractivity (Wildman–Crippen MR) is 63.8 cm³/mol. The molecule has 18 heavy (non-hydrogen) atoms. The Kier molecular flexibility index (Phi) is 3.50. The number of aromatic nitrogens is 1. The first-order chi connectivity index (χ1) is 8.40. The molecule has 1 aromatic heterocycles. The summed E-state index contributed by atoms with van der Waals surface area (Å²) in [7, 11) is 0. The van der Waals surface area contributed by atoms with E-state index in [0.29, 0.717) is 6.07 Å². The Balaban J connectivity index is 2.20. The third-order valence-corrected chi connectivity index (χ3v) is 3.70. The van der Waals surface area contributed by atoms with Gasteiger partial charge in [-0.2, -0.15) is 9.37 Å². The Hall–Kier alpha value is -1.26. The van der Waals surface area contributed by atoms with Crippen LogP contribution in [0.2, 0.25) is 0 Å². The maximum absolute atomic E-state index is 13.5. The molecule has 5 heteroatoms. The summed E-state index contributed by atoms with van der Waals surface area (Å²) in [6.07, 6.45) is 4.09. The Morgan fingerprint density at radius 2 is 1.94 bits per heavy atom. The Labute approximate surface area is 105 Å². The van der Waals surface area contributed by atoms with Gasteiger partial charge in [0, 0.05) is 12.1 Å². The molecule has 1 fully saturated rings. The summed E-state index contributed by atoms with van der Waals surface area (Å²) in [6.45, 7) is 4.17. The molecular weight excluding hydrogens is 241 g/mol. The number of rotatable bonds is 2. The quantitative estimate of drug-likeness (QED) is 0.814. The second-order valence-corrected chi connectivity index (χ2v) is 5.52. The van der Waals surface area contributed by atoms with Crippen molar-refractivity contribution in [2.45, 2.75) is 45.6 Å². The molecule has 0 aliphatic heterocycles. The molecule has 1 aliphatic carbocycles. The first kappa shape index (κ1) is 13.2. The van der Waals surface area contributed by atoms with E-state index in [0.717, 1.165) is 25.7 Å². The van der Waals surface area contributed by atoms with Crippen LogP contribution < -0.4 is 5.32 Å². The lowest BCUT2D eigenvalue weighted by Gasteiger charge is -2.39. The molecule has 0 spiro atoms. The van der Waals surface area contributed by atoms with Crippen LogP contribution in [-0.2, 0) is 0 Å². The molecule has 1 unspecified atom stereocenters. The van der Waals surface area contributed by atoms with Gasteiger partial charge in [0.1, 0.15) is 0 Å². The van der Waals surface area contributed by atoms with Crippen molar-refractivity contribution in [3.05, 3.63) is 23.6 Å². The molecule has 1 atom stereocenters. The smallest absolute Gasteiger partial charge is 0.251 e. The first-order valence-electron chi connectivity index (χ1n) is 6.18. The van der Waals surface area contributed by atoms with Crippen molar-refractivity contribution >= 4 is 5.82 Å². The second-order valence-electron chi connectivity index (χ2n) is 5.52. The zero-order valence-corrected chi connectivity index (χ0v) is 10.6. The van der Waals surface area contributed by atoms with Crippen molar-refractivity contribution in [3.63, 3.8) is 0 Å². The number of pyridine rings is 1. The Morgan fingerprint density at radius 1 is 1.22 bits per heavy atom. The van der Waals surface area contributed by atoms with Crippen molar-refractivity contribution in [2.75, 3.05) is 5.32 Å². The van der Waals surface area contributed by atoms with E-state index in [1.165, 1.54) is 0 Å². The van der Waals surface area contributed by atoms with Crippen LogP contribution in [0.15, 0.2) is 6.07 Å². The first-order valence-corrected chi connectivity index (χ1v) is 6.18. The number of hydrogen-bond donors (Lipinski definition) is 1. The number of hydrogen-bond acceptors (Lipinski definition) is 2. The molecular formula is C13H17F3N2. The number of halogens is 3. The van der Waals surface area contributed by atoms with Crippen molar-refractivity contribution in [1.82, 2.24) is 4.98 Å². The average molecular weight is 258 g/mol. The molecule has 1 N–H and O–H groups in total. The van der Waals surface area contributed by atoms with E-state index in [9.17, 15) is 13.2 Å². The van der Waals surface area contributed by atoms with Crippen LogP contribution in [0.4, 0.5) is 19.0 Å². The van der Waals surface area contributed by atoms with Crippen molar-refractivity contribution in [2.24, 2.45) is 5.41 Å². The van der Waals surface area contributed by atoms with E-state index < -0.39 is 17.6 Å². The summed E-state index contributed by atoms with van der Waals surface area (Å²) in [5, 5.41) is 2.91. The van der Waals surface area contributed by atoms with Gasteiger partial charge < -0.3 is 5.32 Å². The Bertz CT molecular complexity index is 446. The summed E-state index contributed by atoms with van der Waals surface area (Å²) in [5.74, 6) is -3.59. The van der Waals surface area contributed by atoms with Gasteiger partial charge in [-0.05, 0) is 18.3 Å². The fourth-order valence-corrected chi connectivity index (χ4v) is 2.47. The number of nitrogens with zero attached hydrogens (tertiary/aromatic N) is 1. The number of nitrogens with one attached hydrogen (secondary N) is 1. The summed E-state index contributed by atoms with van der Waals surface area (Å²) in [4.78, 5) is 3.30. The summed E-state index contributed by atoms with van der Waals surface area (Å²) in [5.41, 5.74) is -0.00275. The monoisotopic (exact) mass is 258 g/mol. The molecule has 1 aromatic rings. The fourth-order valence-electron chi connectivity index (χ4n) is 2.47. The maximum atomic E-state index is 13.5. The van der Waals surface area contributed by atoms with Gasteiger partial charge in [0.2, 0.25) is 0 Å². The lowest BCUT2D eigenvalue weighted by Crippen LogP contribution is -2.39. The van der Waals surface area contributed by atoms with E-state index in [-0.39, 0.29) is 17.3 Å². The van der Waals surface area contributed by atoms with E-state index >= 15 is 0 Å². The van der Waals surface area contributed by atoms with Gasteiger partial charge >= 0.3 is 0 Å². The van der Waals surface area contributed by atoms with Crippen LogP contribution in [0.1, 0.15) is 39.5 Å². The van der Waals surface area contributed by atoms with E-state index in [1.54, 1.807) is 0 Å². The fraction of sp³-hybridized carbons (Fsp3) is 0.615. The molecule has 2 rings (SSSR count). The summed E-state index contributed by atoms with van der Waals surface area (Å²) in [6, 6.07) is 0.554. The zero-order valence-electron chi connectivity index (χ0n) is 10.6. The summed E-state index contributed by atoms with van der Waals surface area (Å²) >= 11 is 0. The van der Waals surface area contributed by atoms with Crippen molar-refractivity contribution in [1.29, 1.82) is 0 Å². The normalized spacial score (nSPS) is 22.8. The molecule has 1 aliphatic rings. The highest BCUT2D eigenvalue weighted by Crippen LogP contribution is 2.37. The van der Waals surface area contributed by atoms with Crippen LogP contribution in [0, 0.1) is 23.0 Å². The SMILES string of the molecule is CC1(C)CCCCC1Nc1nc(F)c(F)cc1F. The van der Waals surface area contributed by atoms with Crippen LogP contribution in [0.5, 0.6) is 0 Å². The van der Waals surface area contributed by atoms with Crippen LogP contribution in [0.25, 0.3) is 0 Å². The highest BCUT2D eigenvalue weighted by Gasteiger charge is 2.33. The maximum Gasteiger partial charge on any atom is 0.251 e. The third-order valence-electron chi connectivity index (χ3n) is 3.70. The lowest BCUT2D eigenvalue weighted by molar-refractivity contribution is 0.216. The van der Waals surface area contributed by atoms with Gasteiger partial charge in [-0.1, -0.05) is 26.7 Å². The topological polar surface area (TPSA) is 24.9 Å². The van der Waals surface area contributed by atoms with Crippen LogP contribution in [-0.4, -0.2) is 11.0 Å². The van der Waals surface area contributed by atoms with Crippen molar-refractivity contribution in [3.8, 4) is 0 Å². The van der Waals surface area contributed by atoms with Gasteiger partial charge in [0.25, 0.3) is 5.95 Å². The minimum absolute atomic E-state index is 0.00275.